The van der Waals surface area contributed by atoms with Gasteiger partial charge in [-0.2, -0.15) is 5.10 Å². The second-order valence-corrected chi connectivity index (χ2v) is 5.99. The molecule has 0 bridgehead atoms. The lowest BCUT2D eigenvalue weighted by molar-refractivity contribution is 0.503. The van der Waals surface area contributed by atoms with Crippen LogP contribution in [0.15, 0.2) is 39.7 Å². The molecule has 0 aliphatic carbocycles. The van der Waals surface area contributed by atoms with Crippen molar-refractivity contribution in [1.29, 1.82) is 0 Å². The maximum atomic E-state index is 12.0. The van der Waals surface area contributed by atoms with Gasteiger partial charge in [0, 0.05) is 11.0 Å². The lowest BCUT2D eigenvalue weighted by atomic mass is 10.2. The van der Waals surface area contributed by atoms with E-state index in [1.54, 1.807) is 6.20 Å². The first-order valence-electron chi connectivity index (χ1n) is 6.24. The summed E-state index contributed by atoms with van der Waals surface area (Å²) < 4.78 is 2.40. The summed E-state index contributed by atoms with van der Waals surface area (Å²) in [6.45, 7) is 4.36. The molecule has 0 atom stereocenters. The molecular weight excluding hydrogens is 342 g/mol. The first-order valence-corrected chi connectivity index (χ1v) is 7.41. The third-order valence-corrected chi connectivity index (χ3v) is 3.72. The SMILES string of the molecule is CC(C)n1ncc(NCc2ccc(Br)cc2)c(Cl)c1=O. The van der Waals surface area contributed by atoms with Crippen LogP contribution >= 0.6 is 27.5 Å². The van der Waals surface area contributed by atoms with Gasteiger partial charge in [-0.15, -0.1) is 0 Å². The quantitative estimate of drug-likeness (QED) is 0.905. The maximum absolute atomic E-state index is 12.0. The van der Waals surface area contributed by atoms with E-state index in [0.717, 1.165) is 10.0 Å². The zero-order valence-corrected chi connectivity index (χ0v) is 13.6. The predicted molar refractivity (Wildman–Crippen MR) is 85.4 cm³/mol. The third kappa shape index (κ3) is 3.41. The summed E-state index contributed by atoms with van der Waals surface area (Å²) in [4.78, 5) is 12.0. The fourth-order valence-corrected chi connectivity index (χ4v) is 2.20. The molecular formula is C14H15BrClN3O. The van der Waals surface area contributed by atoms with Crippen molar-refractivity contribution in [2.45, 2.75) is 26.4 Å². The molecule has 1 N–H and O–H groups in total. The van der Waals surface area contributed by atoms with Gasteiger partial charge < -0.3 is 5.32 Å². The number of halogens is 2. The molecule has 0 radical (unpaired) electrons. The highest BCUT2D eigenvalue weighted by Gasteiger charge is 2.10. The monoisotopic (exact) mass is 355 g/mol. The van der Waals surface area contributed by atoms with Gasteiger partial charge in [-0.1, -0.05) is 39.7 Å². The Kier molecular flexibility index (Phi) is 4.83. The zero-order valence-electron chi connectivity index (χ0n) is 11.2. The van der Waals surface area contributed by atoms with Gasteiger partial charge in [0.1, 0.15) is 5.02 Å². The molecule has 2 rings (SSSR count). The van der Waals surface area contributed by atoms with E-state index < -0.39 is 0 Å². The van der Waals surface area contributed by atoms with Crippen LogP contribution in [0.1, 0.15) is 25.5 Å². The van der Waals surface area contributed by atoms with Crippen molar-refractivity contribution in [3.05, 3.63) is 55.9 Å². The number of anilines is 1. The summed E-state index contributed by atoms with van der Waals surface area (Å²) in [6.07, 6.45) is 1.59. The average Bonchev–Trinajstić information content (AvgIpc) is 2.42. The Bertz CT molecular complexity index is 652. The first kappa shape index (κ1) is 15.1. The minimum Gasteiger partial charge on any atom is -0.378 e. The van der Waals surface area contributed by atoms with E-state index in [-0.39, 0.29) is 16.6 Å². The van der Waals surface area contributed by atoms with E-state index in [1.807, 2.05) is 38.1 Å². The average molecular weight is 357 g/mol. The van der Waals surface area contributed by atoms with Crippen LogP contribution in [0.4, 0.5) is 5.69 Å². The molecule has 0 saturated heterocycles. The van der Waals surface area contributed by atoms with E-state index in [0.29, 0.717) is 12.2 Å². The lowest BCUT2D eigenvalue weighted by Crippen LogP contribution is -2.25. The van der Waals surface area contributed by atoms with Gasteiger partial charge in [-0.3, -0.25) is 4.79 Å². The highest BCUT2D eigenvalue weighted by Crippen LogP contribution is 2.18. The number of hydrogen-bond donors (Lipinski definition) is 1. The number of nitrogens with zero attached hydrogens (tertiary/aromatic N) is 2. The van der Waals surface area contributed by atoms with Crippen molar-refractivity contribution >= 4 is 33.2 Å². The first-order chi connectivity index (χ1) is 9.49. The van der Waals surface area contributed by atoms with Crippen molar-refractivity contribution in [3.63, 3.8) is 0 Å². The van der Waals surface area contributed by atoms with Crippen molar-refractivity contribution in [1.82, 2.24) is 9.78 Å². The Labute approximate surface area is 130 Å². The van der Waals surface area contributed by atoms with Crippen LogP contribution in [0.3, 0.4) is 0 Å². The van der Waals surface area contributed by atoms with E-state index in [2.05, 4.69) is 26.3 Å². The van der Waals surface area contributed by atoms with Crippen LogP contribution in [0.5, 0.6) is 0 Å². The van der Waals surface area contributed by atoms with Crippen LogP contribution in [-0.4, -0.2) is 9.78 Å². The van der Waals surface area contributed by atoms with Crippen LogP contribution < -0.4 is 10.9 Å². The summed E-state index contributed by atoms with van der Waals surface area (Å²) in [5.74, 6) is 0. The second-order valence-electron chi connectivity index (χ2n) is 4.70. The Hall–Kier alpha value is -1.33. The predicted octanol–water partition coefficient (Wildman–Crippen LogP) is 3.85. The molecule has 1 aromatic carbocycles. The topological polar surface area (TPSA) is 46.9 Å². The number of nitrogens with one attached hydrogen (secondary N) is 1. The number of rotatable bonds is 4. The zero-order chi connectivity index (χ0) is 14.7. The lowest BCUT2D eigenvalue weighted by Gasteiger charge is -2.12. The van der Waals surface area contributed by atoms with Gasteiger partial charge >= 0.3 is 0 Å². The van der Waals surface area contributed by atoms with Crippen LogP contribution in [0.2, 0.25) is 5.02 Å². The third-order valence-electron chi connectivity index (χ3n) is 2.83. The molecule has 0 fully saturated rings. The van der Waals surface area contributed by atoms with Crippen molar-refractivity contribution in [2.24, 2.45) is 0 Å². The fraction of sp³-hybridized carbons (Fsp3) is 0.286. The van der Waals surface area contributed by atoms with Crippen molar-refractivity contribution in [2.75, 3.05) is 5.32 Å². The van der Waals surface area contributed by atoms with Crippen LogP contribution in [0, 0.1) is 0 Å². The molecule has 6 heteroatoms. The molecule has 0 saturated carbocycles. The van der Waals surface area contributed by atoms with E-state index >= 15 is 0 Å². The smallest absolute Gasteiger partial charge is 0.287 e. The fourth-order valence-electron chi connectivity index (χ4n) is 1.74. The van der Waals surface area contributed by atoms with Gasteiger partial charge in [0.25, 0.3) is 5.56 Å². The normalized spacial score (nSPS) is 10.8. The number of benzene rings is 1. The van der Waals surface area contributed by atoms with Crippen LogP contribution in [0.25, 0.3) is 0 Å². The summed E-state index contributed by atoms with van der Waals surface area (Å²) in [5, 5.41) is 7.42. The van der Waals surface area contributed by atoms with E-state index in [9.17, 15) is 4.79 Å². The van der Waals surface area contributed by atoms with Crippen LogP contribution in [-0.2, 0) is 6.54 Å². The summed E-state index contributed by atoms with van der Waals surface area (Å²) in [7, 11) is 0. The summed E-state index contributed by atoms with van der Waals surface area (Å²) in [5.41, 5.74) is 1.37. The minimum absolute atomic E-state index is 0.0134. The maximum Gasteiger partial charge on any atom is 0.287 e. The van der Waals surface area contributed by atoms with E-state index in [4.69, 9.17) is 11.6 Å². The summed E-state index contributed by atoms with van der Waals surface area (Å²) >= 11 is 9.48. The molecule has 0 aliphatic rings. The molecule has 0 amide bonds. The van der Waals surface area contributed by atoms with Crippen molar-refractivity contribution < 1.29 is 0 Å². The van der Waals surface area contributed by atoms with Gasteiger partial charge in [-0.05, 0) is 31.5 Å². The minimum atomic E-state index is -0.275. The molecule has 0 spiro atoms. The molecule has 2 aromatic rings. The van der Waals surface area contributed by atoms with Gasteiger partial charge in [0.2, 0.25) is 0 Å². The largest absolute Gasteiger partial charge is 0.378 e. The number of aromatic nitrogens is 2. The highest BCUT2D eigenvalue weighted by atomic mass is 79.9. The Morgan fingerprint density at radius 1 is 1.35 bits per heavy atom. The Morgan fingerprint density at radius 2 is 2.00 bits per heavy atom. The van der Waals surface area contributed by atoms with E-state index in [1.165, 1.54) is 4.68 Å². The molecule has 0 unspecified atom stereocenters. The Morgan fingerprint density at radius 3 is 2.60 bits per heavy atom. The second kappa shape index (κ2) is 6.41. The standard InChI is InChI=1S/C14H15BrClN3O/c1-9(2)19-14(20)13(16)12(8-18-19)17-7-10-3-5-11(15)6-4-10/h3-6,8-9,17H,7H2,1-2H3. The summed E-state index contributed by atoms with van der Waals surface area (Å²) in [6, 6.07) is 7.91. The number of hydrogen-bond acceptors (Lipinski definition) is 3. The Balaban J connectivity index is 2.16. The molecule has 1 heterocycles. The van der Waals surface area contributed by atoms with Gasteiger partial charge in [0.05, 0.1) is 17.9 Å². The molecule has 106 valence electrons. The van der Waals surface area contributed by atoms with Gasteiger partial charge in [0.15, 0.2) is 0 Å². The van der Waals surface area contributed by atoms with Gasteiger partial charge in [-0.25, -0.2) is 4.68 Å². The molecule has 20 heavy (non-hydrogen) atoms. The van der Waals surface area contributed by atoms with Crippen molar-refractivity contribution in [3.8, 4) is 0 Å². The molecule has 0 aliphatic heterocycles. The highest BCUT2D eigenvalue weighted by molar-refractivity contribution is 9.10. The molecule has 4 nitrogen and oxygen atoms in total. The molecule has 1 aromatic heterocycles.